The number of benzene rings is 1. The van der Waals surface area contributed by atoms with Crippen LogP contribution in [-0.2, 0) is 6.42 Å². The van der Waals surface area contributed by atoms with Gasteiger partial charge in [-0.3, -0.25) is 0 Å². The molecule has 1 aromatic carbocycles. The molecule has 0 radical (unpaired) electrons. The van der Waals surface area contributed by atoms with Crippen molar-refractivity contribution in [2.75, 3.05) is 5.73 Å². The molecule has 0 spiro atoms. The second-order valence-electron chi connectivity index (χ2n) is 3.55. The van der Waals surface area contributed by atoms with Gasteiger partial charge < -0.3 is 5.73 Å². The first-order valence-electron chi connectivity index (χ1n) is 4.98. The Labute approximate surface area is 88.7 Å². The van der Waals surface area contributed by atoms with E-state index >= 15 is 0 Å². The molecule has 0 aliphatic rings. The molecule has 0 amide bonds. The van der Waals surface area contributed by atoms with Crippen molar-refractivity contribution in [3.8, 4) is 5.69 Å². The average molecular weight is 202 g/mol. The van der Waals surface area contributed by atoms with E-state index in [9.17, 15) is 0 Å². The molecule has 0 saturated heterocycles. The lowest BCUT2D eigenvalue weighted by atomic mass is 10.2. The van der Waals surface area contributed by atoms with E-state index in [4.69, 9.17) is 5.73 Å². The van der Waals surface area contributed by atoms with Crippen LogP contribution in [0.4, 0.5) is 5.69 Å². The number of nitrogen functional groups attached to an aromatic ring is 1. The van der Waals surface area contributed by atoms with Gasteiger partial charge in [-0.1, -0.05) is 18.2 Å². The zero-order chi connectivity index (χ0) is 10.8. The zero-order valence-electron chi connectivity index (χ0n) is 8.94. The van der Waals surface area contributed by atoms with Crippen LogP contribution in [0.2, 0.25) is 0 Å². The highest BCUT2D eigenvalue weighted by molar-refractivity contribution is 5.51. The van der Waals surface area contributed by atoms with Gasteiger partial charge in [0.15, 0.2) is 0 Å². The molecule has 1 aromatic heterocycles. The molecule has 1 heterocycles. The summed E-state index contributed by atoms with van der Waals surface area (Å²) in [7, 11) is 0. The Balaban J connectivity index is 2.48. The molecule has 0 unspecified atom stereocenters. The smallest absolute Gasteiger partial charge is 0.0829 e. The van der Waals surface area contributed by atoms with Gasteiger partial charge in [0.25, 0.3) is 0 Å². The third kappa shape index (κ3) is 1.83. The third-order valence-electron chi connectivity index (χ3n) is 2.38. The molecule has 0 aliphatic heterocycles. The topological polar surface area (TPSA) is 56.7 Å². The van der Waals surface area contributed by atoms with Crippen molar-refractivity contribution in [1.82, 2.24) is 15.0 Å². The van der Waals surface area contributed by atoms with Crippen LogP contribution in [-0.4, -0.2) is 15.0 Å². The van der Waals surface area contributed by atoms with Crippen molar-refractivity contribution < 1.29 is 0 Å². The molecule has 2 aromatic rings. The molecule has 0 fully saturated rings. The molecule has 4 heteroatoms. The van der Waals surface area contributed by atoms with Crippen LogP contribution in [0, 0.1) is 6.92 Å². The molecule has 0 atom stereocenters. The van der Waals surface area contributed by atoms with Crippen LogP contribution in [0.3, 0.4) is 0 Å². The maximum atomic E-state index is 5.74. The minimum absolute atomic E-state index is 0.740. The summed E-state index contributed by atoms with van der Waals surface area (Å²) in [5.41, 5.74) is 9.59. The monoisotopic (exact) mass is 202 g/mol. The van der Waals surface area contributed by atoms with E-state index in [1.165, 1.54) is 0 Å². The van der Waals surface area contributed by atoms with Crippen LogP contribution < -0.4 is 5.73 Å². The van der Waals surface area contributed by atoms with E-state index in [0.717, 1.165) is 29.1 Å². The Bertz CT molecular complexity index is 473. The van der Waals surface area contributed by atoms with Gasteiger partial charge >= 0.3 is 0 Å². The lowest BCUT2D eigenvalue weighted by Gasteiger charge is -2.05. The summed E-state index contributed by atoms with van der Waals surface area (Å²) >= 11 is 0. The van der Waals surface area contributed by atoms with Gasteiger partial charge in [0.05, 0.1) is 17.6 Å². The van der Waals surface area contributed by atoms with Crippen molar-refractivity contribution in [2.24, 2.45) is 0 Å². The predicted molar refractivity (Wildman–Crippen MR) is 59.9 cm³/mol. The first-order valence-corrected chi connectivity index (χ1v) is 4.98. The van der Waals surface area contributed by atoms with Gasteiger partial charge in [-0.05, 0) is 31.0 Å². The molecule has 0 saturated carbocycles. The van der Waals surface area contributed by atoms with E-state index in [1.54, 1.807) is 4.68 Å². The summed E-state index contributed by atoms with van der Waals surface area (Å²) in [6.45, 7) is 4.09. The van der Waals surface area contributed by atoms with Gasteiger partial charge in [-0.15, -0.1) is 5.10 Å². The number of anilines is 1. The van der Waals surface area contributed by atoms with Crippen LogP contribution in [0.1, 0.15) is 18.2 Å². The van der Waals surface area contributed by atoms with Crippen molar-refractivity contribution in [2.45, 2.75) is 20.3 Å². The van der Waals surface area contributed by atoms with Gasteiger partial charge in [0, 0.05) is 5.69 Å². The Morgan fingerprint density at radius 2 is 2.20 bits per heavy atom. The lowest BCUT2D eigenvalue weighted by Crippen LogP contribution is -1.99. The summed E-state index contributed by atoms with van der Waals surface area (Å²) in [4.78, 5) is 0. The SMILES string of the molecule is CCc1cn(-c2cc(N)ccc2C)nn1. The number of nitrogens with zero attached hydrogens (tertiary/aromatic N) is 3. The van der Waals surface area contributed by atoms with Gasteiger partial charge in [-0.2, -0.15) is 0 Å². The van der Waals surface area contributed by atoms with E-state index < -0.39 is 0 Å². The number of aryl methyl sites for hydroxylation is 2. The molecule has 0 bridgehead atoms. The minimum atomic E-state index is 0.740. The molecule has 0 aliphatic carbocycles. The summed E-state index contributed by atoms with van der Waals surface area (Å²) in [6, 6.07) is 5.78. The van der Waals surface area contributed by atoms with Gasteiger partial charge in [-0.25, -0.2) is 4.68 Å². The summed E-state index contributed by atoms with van der Waals surface area (Å²) < 4.78 is 1.77. The number of hydrogen-bond acceptors (Lipinski definition) is 3. The summed E-state index contributed by atoms with van der Waals surface area (Å²) in [5.74, 6) is 0. The molecule has 4 nitrogen and oxygen atoms in total. The van der Waals surface area contributed by atoms with E-state index in [2.05, 4.69) is 17.2 Å². The van der Waals surface area contributed by atoms with E-state index in [-0.39, 0.29) is 0 Å². The molecular formula is C11H14N4. The molecular weight excluding hydrogens is 188 g/mol. The van der Waals surface area contributed by atoms with E-state index in [0.29, 0.717) is 0 Å². The Morgan fingerprint density at radius 1 is 1.40 bits per heavy atom. The van der Waals surface area contributed by atoms with E-state index in [1.807, 2.05) is 31.3 Å². The average Bonchev–Trinajstić information content (AvgIpc) is 2.70. The van der Waals surface area contributed by atoms with Crippen LogP contribution in [0.25, 0.3) is 5.69 Å². The lowest BCUT2D eigenvalue weighted by molar-refractivity contribution is 0.794. The number of aromatic nitrogens is 3. The molecule has 15 heavy (non-hydrogen) atoms. The second kappa shape index (κ2) is 3.73. The second-order valence-corrected chi connectivity index (χ2v) is 3.55. The van der Waals surface area contributed by atoms with Gasteiger partial charge in [0.1, 0.15) is 0 Å². The Morgan fingerprint density at radius 3 is 2.87 bits per heavy atom. The maximum Gasteiger partial charge on any atom is 0.0829 e. The first-order chi connectivity index (χ1) is 7.20. The highest BCUT2D eigenvalue weighted by Crippen LogP contribution is 2.16. The van der Waals surface area contributed by atoms with Crippen molar-refractivity contribution in [3.05, 3.63) is 35.7 Å². The molecule has 2 rings (SSSR count). The Hall–Kier alpha value is -1.84. The fourth-order valence-electron chi connectivity index (χ4n) is 1.45. The maximum absolute atomic E-state index is 5.74. The zero-order valence-corrected chi connectivity index (χ0v) is 8.94. The number of rotatable bonds is 2. The predicted octanol–water partition coefficient (Wildman–Crippen LogP) is 1.72. The third-order valence-corrected chi connectivity index (χ3v) is 2.38. The molecule has 2 N–H and O–H groups in total. The summed E-state index contributed by atoms with van der Waals surface area (Å²) in [5, 5.41) is 8.12. The fourth-order valence-corrected chi connectivity index (χ4v) is 1.45. The standard InChI is InChI=1S/C11H14N4/c1-3-10-7-15(14-13-10)11-6-9(12)5-4-8(11)2/h4-7H,3,12H2,1-2H3. The number of nitrogens with two attached hydrogens (primary N) is 1. The van der Waals surface area contributed by atoms with Crippen molar-refractivity contribution in [1.29, 1.82) is 0 Å². The fraction of sp³-hybridized carbons (Fsp3) is 0.273. The van der Waals surface area contributed by atoms with Crippen molar-refractivity contribution in [3.63, 3.8) is 0 Å². The Kier molecular flexibility index (Phi) is 2.41. The van der Waals surface area contributed by atoms with Crippen LogP contribution in [0.5, 0.6) is 0 Å². The highest BCUT2D eigenvalue weighted by atomic mass is 15.4. The largest absolute Gasteiger partial charge is 0.399 e. The van der Waals surface area contributed by atoms with Crippen LogP contribution in [0.15, 0.2) is 24.4 Å². The van der Waals surface area contributed by atoms with Crippen LogP contribution >= 0.6 is 0 Å². The van der Waals surface area contributed by atoms with Crippen molar-refractivity contribution >= 4 is 5.69 Å². The number of hydrogen-bond donors (Lipinski definition) is 1. The van der Waals surface area contributed by atoms with Gasteiger partial charge in [0.2, 0.25) is 0 Å². The normalized spacial score (nSPS) is 10.5. The highest BCUT2D eigenvalue weighted by Gasteiger charge is 2.04. The quantitative estimate of drug-likeness (QED) is 0.754. The summed E-state index contributed by atoms with van der Waals surface area (Å²) in [6.07, 6.45) is 2.82. The molecule has 78 valence electrons. The minimum Gasteiger partial charge on any atom is -0.399 e. The first kappa shape index (κ1) is 9.71.